The van der Waals surface area contributed by atoms with Crippen molar-refractivity contribution in [3.05, 3.63) is 60.2 Å². The maximum Gasteiger partial charge on any atom is 0.328 e. The van der Waals surface area contributed by atoms with E-state index in [0.717, 1.165) is 11.4 Å². The van der Waals surface area contributed by atoms with E-state index in [9.17, 15) is 4.79 Å². The van der Waals surface area contributed by atoms with Crippen LogP contribution >= 0.6 is 11.8 Å². The highest BCUT2D eigenvalue weighted by molar-refractivity contribution is 7.99. The van der Waals surface area contributed by atoms with Gasteiger partial charge in [0.25, 0.3) is 0 Å². The minimum atomic E-state index is -0.253. The molecule has 0 unspecified atom stereocenters. The lowest BCUT2D eigenvalue weighted by atomic mass is 10.1. The van der Waals surface area contributed by atoms with Crippen LogP contribution in [-0.4, -0.2) is 36.6 Å². The molecule has 134 valence electrons. The molecule has 3 aromatic rings. The summed E-state index contributed by atoms with van der Waals surface area (Å²) in [6.07, 6.45) is 2.44. The summed E-state index contributed by atoms with van der Waals surface area (Å²) in [4.78, 5) is 16.0. The minimum Gasteiger partial charge on any atom is -0.315 e. The summed E-state index contributed by atoms with van der Waals surface area (Å²) >= 11 is 1.29. The van der Waals surface area contributed by atoms with Gasteiger partial charge in [-0.25, -0.2) is 0 Å². The Bertz CT molecular complexity index is 890. The van der Waals surface area contributed by atoms with E-state index in [2.05, 4.69) is 32.2 Å². The molecule has 9 heteroatoms. The van der Waals surface area contributed by atoms with Crippen molar-refractivity contribution in [2.45, 2.75) is 25.0 Å². The molecule has 0 radical (unpaired) electrons. The second-order valence-corrected chi connectivity index (χ2v) is 6.39. The summed E-state index contributed by atoms with van der Waals surface area (Å²) in [6, 6.07) is 10.1. The Kier molecular flexibility index (Phi) is 5.80. The van der Waals surface area contributed by atoms with Gasteiger partial charge in [0.1, 0.15) is 5.82 Å². The van der Waals surface area contributed by atoms with Crippen molar-refractivity contribution in [1.82, 2.24) is 24.9 Å². The SMILES string of the molecule is C=CCn1c(Cc2ccccc2)nnc1SCC(=O)Nc1nc(C)no1. The third-order valence-corrected chi connectivity index (χ3v) is 4.38. The molecule has 0 spiro atoms. The lowest BCUT2D eigenvalue weighted by Crippen LogP contribution is -2.15. The quantitative estimate of drug-likeness (QED) is 0.480. The van der Waals surface area contributed by atoms with E-state index in [1.807, 2.05) is 34.9 Å². The molecule has 0 aliphatic heterocycles. The summed E-state index contributed by atoms with van der Waals surface area (Å²) in [5, 5.41) is 15.3. The fourth-order valence-electron chi connectivity index (χ4n) is 2.28. The molecule has 0 fully saturated rings. The first-order valence-corrected chi connectivity index (χ1v) is 8.94. The molecule has 26 heavy (non-hydrogen) atoms. The van der Waals surface area contributed by atoms with E-state index in [1.165, 1.54) is 11.8 Å². The molecule has 0 atom stereocenters. The molecule has 8 nitrogen and oxygen atoms in total. The number of aryl methyl sites for hydroxylation is 1. The van der Waals surface area contributed by atoms with Crippen molar-refractivity contribution in [3.63, 3.8) is 0 Å². The number of rotatable bonds is 8. The van der Waals surface area contributed by atoms with Crippen LogP contribution < -0.4 is 5.32 Å². The first kappa shape index (κ1) is 17.9. The first-order chi connectivity index (χ1) is 12.7. The summed E-state index contributed by atoms with van der Waals surface area (Å²) in [5.41, 5.74) is 1.14. The number of amides is 1. The van der Waals surface area contributed by atoms with Crippen LogP contribution in [0.4, 0.5) is 6.01 Å². The highest BCUT2D eigenvalue weighted by atomic mass is 32.2. The Labute approximate surface area is 154 Å². The van der Waals surface area contributed by atoms with E-state index in [0.29, 0.717) is 23.9 Å². The molecular weight excluding hydrogens is 352 g/mol. The number of carbonyl (C=O) groups excluding carboxylic acids is 1. The molecule has 1 aromatic carbocycles. The summed E-state index contributed by atoms with van der Waals surface area (Å²) in [6.45, 7) is 6.04. The molecule has 2 aromatic heterocycles. The Balaban J connectivity index is 1.65. The molecule has 1 N–H and O–H groups in total. The number of anilines is 1. The van der Waals surface area contributed by atoms with Gasteiger partial charge in [0, 0.05) is 13.0 Å². The summed E-state index contributed by atoms with van der Waals surface area (Å²) < 4.78 is 6.82. The van der Waals surface area contributed by atoms with Gasteiger partial charge in [0.15, 0.2) is 11.0 Å². The Morgan fingerprint density at radius 2 is 2.15 bits per heavy atom. The van der Waals surface area contributed by atoms with Crippen LogP contribution in [-0.2, 0) is 17.8 Å². The third-order valence-electron chi connectivity index (χ3n) is 3.42. The van der Waals surface area contributed by atoms with Crippen molar-refractivity contribution < 1.29 is 9.32 Å². The molecular formula is C17H18N6O2S. The predicted octanol–water partition coefficient (Wildman–Crippen LogP) is 2.48. The number of allylic oxidation sites excluding steroid dienone is 1. The van der Waals surface area contributed by atoms with Gasteiger partial charge in [-0.15, -0.1) is 16.8 Å². The maximum atomic E-state index is 12.0. The lowest BCUT2D eigenvalue weighted by molar-refractivity contribution is -0.114. The van der Waals surface area contributed by atoms with Crippen molar-refractivity contribution >= 4 is 23.7 Å². The van der Waals surface area contributed by atoms with E-state index >= 15 is 0 Å². The van der Waals surface area contributed by atoms with Crippen molar-refractivity contribution in [3.8, 4) is 0 Å². The molecule has 0 saturated heterocycles. The number of carbonyl (C=O) groups is 1. The van der Waals surface area contributed by atoms with Crippen molar-refractivity contribution in [2.75, 3.05) is 11.1 Å². The zero-order chi connectivity index (χ0) is 18.4. The van der Waals surface area contributed by atoms with E-state index in [4.69, 9.17) is 4.52 Å². The second kappa shape index (κ2) is 8.43. The smallest absolute Gasteiger partial charge is 0.315 e. The second-order valence-electron chi connectivity index (χ2n) is 5.44. The Morgan fingerprint density at radius 1 is 1.35 bits per heavy atom. The maximum absolute atomic E-state index is 12.0. The Morgan fingerprint density at radius 3 is 2.85 bits per heavy atom. The van der Waals surface area contributed by atoms with Crippen LogP contribution in [0.1, 0.15) is 17.2 Å². The molecule has 0 aliphatic carbocycles. The van der Waals surface area contributed by atoms with Gasteiger partial charge in [0.2, 0.25) is 5.91 Å². The topological polar surface area (TPSA) is 98.7 Å². The van der Waals surface area contributed by atoms with Crippen molar-refractivity contribution in [2.24, 2.45) is 0 Å². The van der Waals surface area contributed by atoms with E-state index < -0.39 is 0 Å². The van der Waals surface area contributed by atoms with Gasteiger partial charge < -0.3 is 9.09 Å². The average Bonchev–Trinajstić information content (AvgIpc) is 3.21. The number of benzene rings is 1. The van der Waals surface area contributed by atoms with Gasteiger partial charge in [0.05, 0.1) is 5.75 Å². The van der Waals surface area contributed by atoms with Gasteiger partial charge in [-0.3, -0.25) is 10.1 Å². The van der Waals surface area contributed by atoms with E-state index in [1.54, 1.807) is 13.0 Å². The molecule has 3 rings (SSSR count). The Hall–Kier alpha value is -2.94. The van der Waals surface area contributed by atoms with Gasteiger partial charge in [-0.05, 0) is 12.5 Å². The number of nitrogens with zero attached hydrogens (tertiary/aromatic N) is 5. The number of thioether (sulfide) groups is 1. The van der Waals surface area contributed by atoms with Gasteiger partial charge in [-0.1, -0.05) is 53.3 Å². The highest BCUT2D eigenvalue weighted by Gasteiger charge is 2.15. The highest BCUT2D eigenvalue weighted by Crippen LogP contribution is 2.19. The standard InChI is InChI=1S/C17H18N6O2S/c1-3-9-23-14(10-13-7-5-4-6-8-13)20-21-17(23)26-11-15(24)19-16-18-12(2)22-25-16/h3-8H,1,9-11H2,2H3,(H,18,19,22,24). The van der Waals surface area contributed by atoms with Crippen LogP contribution in [0.25, 0.3) is 0 Å². The zero-order valence-corrected chi connectivity index (χ0v) is 15.1. The largest absolute Gasteiger partial charge is 0.328 e. The van der Waals surface area contributed by atoms with Crippen LogP contribution in [0.5, 0.6) is 0 Å². The summed E-state index contributed by atoms with van der Waals surface area (Å²) in [5.74, 6) is 1.19. The molecule has 2 heterocycles. The summed E-state index contributed by atoms with van der Waals surface area (Å²) in [7, 11) is 0. The fraction of sp³-hybridized carbons (Fsp3) is 0.235. The number of hydrogen-bond acceptors (Lipinski definition) is 7. The molecule has 0 aliphatic rings. The van der Waals surface area contributed by atoms with E-state index in [-0.39, 0.29) is 17.7 Å². The first-order valence-electron chi connectivity index (χ1n) is 7.95. The number of aromatic nitrogens is 5. The normalized spacial score (nSPS) is 10.7. The molecule has 0 bridgehead atoms. The van der Waals surface area contributed by atoms with Crippen LogP contribution in [0, 0.1) is 6.92 Å². The van der Waals surface area contributed by atoms with Crippen LogP contribution in [0.2, 0.25) is 0 Å². The van der Waals surface area contributed by atoms with Crippen LogP contribution in [0.15, 0.2) is 52.7 Å². The predicted molar refractivity (Wildman–Crippen MR) is 97.9 cm³/mol. The zero-order valence-electron chi connectivity index (χ0n) is 14.3. The number of nitrogens with one attached hydrogen (secondary N) is 1. The van der Waals surface area contributed by atoms with Gasteiger partial charge >= 0.3 is 6.01 Å². The fourth-order valence-corrected chi connectivity index (χ4v) is 3.05. The lowest BCUT2D eigenvalue weighted by Gasteiger charge is -2.07. The molecule has 1 amide bonds. The van der Waals surface area contributed by atoms with Crippen LogP contribution in [0.3, 0.4) is 0 Å². The molecule has 0 saturated carbocycles. The monoisotopic (exact) mass is 370 g/mol. The third kappa shape index (κ3) is 4.57. The number of hydrogen-bond donors (Lipinski definition) is 1. The minimum absolute atomic E-state index is 0.0884. The average molecular weight is 370 g/mol. The van der Waals surface area contributed by atoms with Gasteiger partial charge in [-0.2, -0.15) is 4.98 Å². The van der Waals surface area contributed by atoms with Crippen molar-refractivity contribution in [1.29, 1.82) is 0 Å².